The van der Waals surface area contributed by atoms with E-state index < -0.39 is 18.6 Å². The number of nitrogens with one attached hydrogen (secondary N) is 1. The number of H-pyrrole nitrogens is 1. The standard InChI is InChI=1S/C14H15F3N2O/c1-2-7-19(9-14(15,16)17)13(20)12-8-10-5-3-4-6-11(10)18-12/h3-6,8,18H,2,7,9H2,1H3. The Morgan fingerprint density at radius 1 is 1.30 bits per heavy atom. The molecule has 2 rings (SSSR count). The van der Waals surface area contributed by atoms with Crippen LogP contribution in [0.25, 0.3) is 10.9 Å². The molecule has 0 fully saturated rings. The number of para-hydroxylation sites is 1. The summed E-state index contributed by atoms with van der Waals surface area (Å²) in [4.78, 5) is 15.9. The lowest BCUT2D eigenvalue weighted by Crippen LogP contribution is -2.39. The Morgan fingerprint density at radius 3 is 2.60 bits per heavy atom. The monoisotopic (exact) mass is 284 g/mol. The summed E-state index contributed by atoms with van der Waals surface area (Å²) >= 11 is 0. The highest BCUT2D eigenvalue weighted by Gasteiger charge is 2.33. The van der Waals surface area contributed by atoms with Crippen LogP contribution in [0.3, 0.4) is 0 Å². The van der Waals surface area contributed by atoms with Crippen molar-refractivity contribution in [3.8, 4) is 0 Å². The Bertz CT molecular complexity index is 571. The quantitative estimate of drug-likeness (QED) is 0.915. The van der Waals surface area contributed by atoms with Crippen molar-refractivity contribution in [2.75, 3.05) is 13.1 Å². The molecule has 0 atom stereocenters. The van der Waals surface area contributed by atoms with Crippen LogP contribution in [0.2, 0.25) is 0 Å². The molecule has 108 valence electrons. The third kappa shape index (κ3) is 3.31. The van der Waals surface area contributed by atoms with Gasteiger partial charge < -0.3 is 9.88 Å². The minimum atomic E-state index is -4.39. The summed E-state index contributed by atoms with van der Waals surface area (Å²) < 4.78 is 37.5. The number of nitrogens with zero attached hydrogens (tertiary/aromatic N) is 1. The fourth-order valence-electron chi connectivity index (χ4n) is 2.10. The molecule has 20 heavy (non-hydrogen) atoms. The third-order valence-corrected chi connectivity index (χ3v) is 2.91. The van der Waals surface area contributed by atoms with Crippen molar-refractivity contribution in [3.05, 3.63) is 36.0 Å². The molecule has 6 heteroatoms. The van der Waals surface area contributed by atoms with Crippen molar-refractivity contribution in [3.63, 3.8) is 0 Å². The molecule has 1 heterocycles. The van der Waals surface area contributed by atoms with Crippen LogP contribution in [-0.2, 0) is 0 Å². The lowest BCUT2D eigenvalue weighted by atomic mass is 10.2. The number of fused-ring (bicyclic) bond motifs is 1. The van der Waals surface area contributed by atoms with E-state index in [1.54, 1.807) is 31.2 Å². The minimum Gasteiger partial charge on any atom is -0.351 e. The van der Waals surface area contributed by atoms with Crippen LogP contribution in [0.1, 0.15) is 23.8 Å². The third-order valence-electron chi connectivity index (χ3n) is 2.91. The van der Waals surface area contributed by atoms with E-state index in [1.165, 1.54) is 0 Å². The lowest BCUT2D eigenvalue weighted by molar-refractivity contribution is -0.140. The van der Waals surface area contributed by atoms with Crippen LogP contribution >= 0.6 is 0 Å². The number of benzene rings is 1. The van der Waals surface area contributed by atoms with E-state index in [9.17, 15) is 18.0 Å². The van der Waals surface area contributed by atoms with Gasteiger partial charge in [-0.2, -0.15) is 13.2 Å². The molecule has 1 aromatic carbocycles. The Hall–Kier alpha value is -1.98. The smallest absolute Gasteiger partial charge is 0.351 e. The Labute approximate surface area is 114 Å². The van der Waals surface area contributed by atoms with Gasteiger partial charge in [-0.05, 0) is 18.6 Å². The van der Waals surface area contributed by atoms with Crippen molar-refractivity contribution in [2.45, 2.75) is 19.5 Å². The first kappa shape index (κ1) is 14.4. The van der Waals surface area contributed by atoms with Gasteiger partial charge in [-0.25, -0.2) is 0 Å². The molecule has 0 bridgehead atoms. The van der Waals surface area contributed by atoms with Gasteiger partial charge in [-0.3, -0.25) is 4.79 Å². The Balaban J connectivity index is 2.26. The maximum Gasteiger partial charge on any atom is 0.406 e. The molecule has 1 aromatic heterocycles. The fourth-order valence-corrected chi connectivity index (χ4v) is 2.10. The van der Waals surface area contributed by atoms with Crippen LogP contribution in [0.5, 0.6) is 0 Å². The maximum absolute atomic E-state index is 12.5. The maximum atomic E-state index is 12.5. The SMILES string of the molecule is CCCN(CC(F)(F)F)C(=O)c1cc2ccccc2[nH]1. The summed E-state index contributed by atoms with van der Waals surface area (Å²) in [5, 5.41) is 0.805. The molecule has 0 aliphatic rings. The molecule has 0 saturated heterocycles. The molecule has 0 saturated carbocycles. The van der Waals surface area contributed by atoms with E-state index in [0.29, 0.717) is 6.42 Å². The predicted molar refractivity (Wildman–Crippen MR) is 70.5 cm³/mol. The van der Waals surface area contributed by atoms with Crippen LogP contribution in [0.4, 0.5) is 13.2 Å². The summed E-state index contributed by atoms with van der Waals surface area (Å²) in [6, 6.07) is 8.77. The normalized spacial score (nSPS) is 11.8. The first-order valence-electron chi connectivity index (χ1n) is 6.34. The molecule has 1 amide bonds. The number of aromatic amines is 1. The van der Waals surface area contributed by atoms with E-state index in [2.05, 4.69) is 4.98 Å². The zero-order valence-corrected chi connectivity index (χ0v) is 11.0. The first-order chi connectivity index (χ1) is 9.40. The van der Waals surface area contributed by atoms with Gasteiger partial charge in [0.05, 0.1) is 0 Å². The number of hydrogen-bond acceptors (Lipinski definition) is 1. The van der Waals surface area contributed by atoms with E-state index in [1.807, 2.05) is 6.07 Å². The molecule has 1 N–H and O–H groups in total. The van der Waals surface area contributed by atoms with E-state index in [-0.39, 0.29) is 12.2 Å². The van der Waals surface area contributed by atoms with Crippen molar-refractivity contribution in [2.24, 2.45) is 0 Å². The average Bonchev–Trinajstić information content (AvgIpc) is 2.79. The topological polar surface area (TPSA) is 36.1 Å². The highest BCUT2D eigenvalue weighted by Crippen LogP contribution is 2.20. The summed E-state index contributed by atoms with van der Waals surface area (Å²) in [5.74, 6) is -0.625. The van der Waals surface area contributed by atoms with Crippen LogP contribution in [-0.4, -0.2) is 35.1 Å². The van der Waals surface area contributed by atoms with Crippen molar-refractivity contribution >= 4 is 16.8 Å². The van der Waals surface area contributed by atoms with E-state index in [4.69, 9.17) is 0 Å². The number of carbonyl (C=O) groups is 1. The van der Waals surface area contributed by atoms with Gasteiger partial charge in [0, 0.05) is 17.4 Å². The Morgan fingerprint density at radius 2 is 2.00 bits per heavy atom. The van der Waals surface area contributed by atoms with Gasteiger partial charge in [0.2, 0.25) is 0 Å². The van der Waals surface area contributed by atoms with Crippen molar-refractivity contribution in [1.29, 1.82) is 0 Å². The largest absolute Gasteiger partial charge is 0.406 e. The van der Waals surface area contributed by atoms with Gasteiger partial charge >= 0.3 is 6.18 Å². The summed E-state index contributed by atoms with van der Waals surface area (Å²) in [7, 11) is 0. The van der Waals surface area contributed by atoms with Crippen molar-refractivity contribution < 1.29 is 18.0 Å². The van der Waals surface area contributed by atoms with E-state index in [0.717, 1.165) is 15.8 Å². The number of rotatable bonds is 4. The first-order valence-corrected chi connectivity index (χ1v) is 6.34. The lowest BCUT2D eigenvalue weighted by Gasteiger charge is -2.22. The number of amides is 1. The molecule has 2 aromatic rings. The molecule has 0 aliphatic carbocycles. The van der Waals surface area contributed by atoms with Crippen LogP contribution in [0.15, 0.2) is 30.3 Å². The van der Waals surface area contributed by atoms with Gasteiger partial charge in [-0.15, -0.1) is 0 Å². The number of aromatic nitrogens is 1. The molecular formula is C14H15F3N2O. The molecule has 0 aliphatic heterocycles. The average molecular weight is 284 g/mol. The zero-order valence-electron chi connectivity index (χ0n) is 11.0. The molecule has 3 nitrogen and oxygen atoms in total. The van der Waals surface area contributed by atoms with Crippen LogP contribution in [0, 0.1) is 0 Å². The second kappa shape index (κ2) is 5.56. The second-order valence-electron chi connectivity index (χ2n) is 4.61. The zero-order chi connectivity index (χ0) is 14.8. The summed E-state index contributed by atoms with van der Waals surface area (Å²) in [6.07, 6.45) is -3.92. The fraction of sp³-hybridized carbons (Fsp3) is 0.357. The van der Waals surface area contributed by atoms with Gasteiger partial charge in [0.15, 0.2) is 0 Å². The molecule has 0 radical (unpaired) electrons. The number of hydrogen-bond donors (Lipinski definition) is 1. The molecular weight excluding hydrogens is 269 g/mol. The number of alkyl halides is 3. The molecule has 0 spiro atoms. The number of carbonyl (C=O) groups excluding carboxylic acids is 1. The second-order valence-corrected chi connectivity index (χ2v) is 4.61. The minimum absolute atomic E-state index is 0.0771. The van der Waals surface area contributed by atoms with E-state index >= 15 is 0 Å². The highest BCUT2D eigenvalue weighted by molar-refractivity contribution is 5.98. The van der Waals surface area contributed by atoms with Gasteiger partial charge in [0.25, 0.3) is 5.91 Å². The van der Waals surface area contributed by atoms with Crippen molar-refractivity contribution in [1.82, 2.24) is 9.88 Å². The predicted octanol–water partition coefficient (Wildman–Crippen LogP) is 3.58. The number of halogens is 3. The van der Waals surface area contributed by atoms with Crippen LogP contribution < -0.4 is 0 Å². The van der Waals surface area contributed by atoms with Gasteiger partial charge in [-0.1, -0.05) is 25.1 Å². The Kier molecular flexibility index (Phi) is 4.01. The summed E-state index contributed by atoms with van der Waals surface area (Å²) in [6.45, 7) is 0.588. The highest BCUT2D eigenvalue weighted by atomic mass is 19.4. The van der Waals surface area contributed by atoms with Gasteiger partial charge in [0.1, 0.15) is 12.2 Å². The summed E-state index contributed by atoms with van der Waals surface area (Å²) in [5.41, 5.74) is 0.920. The molecule has 0 unspecified atom stereocenters.